The summed E-state index contributed by atoms with van der Waals surface area (Å²) in [5, 5.41) is 8.90. The van der Waals surface area contributed by atoms with E-state index in [0.29, 0.717) is 19.0 Å². The van der Waals surface area contributed by atoms with E-state index in [1.54, 1.807) is 4.90 Å². The van der Waals surface area contributed by atoms with Gasteiger partial charge in [0.15, 0.2) is 0 Å². The minimum absolute atomic E-state index is 0.0827. The molecule has 0 aromatic carbocycles. The van der Waals surface area contributed by atoms with Gasteiger partial charge >= 0.3 is 5.97 Å². The van der Waals surface area contributed by atoms with Crippen LogP contribution < -0.4 is 0 Å². The molecule has 1 aromatic rings. The van der Waals surface area contributed by atoms with Gasteiger partial charge in [0.2, 0.25) is 0 Å². The van der Waals surface area contributed by atoms with Gasteiger partial charge in [-0.2, -0.15) is 0 Å². The second-order valence-corrected chi connectivity index (χ2v) is 4.60. The van der Waals surface area contributed by atoms with E-state index >= 15 is 0 Å². The second-order valence-electron chi connectivity index (χ2n) is 4.60. The van der Waals surface area contributed by atoms with Gasteiger partial charge in [-0.15, -0.1) is 6.58 Å². The molecule has 100 valence electrons. The number of carbonyl (C=O) groups excluding carboxylic acids is 1. The highest BCUT2D eigenvalue weighted by Crippen LogP contribution is 2.19. The first kappa shape index (κ1) is 13.3. The molecule has 1 N–H and O–H groups in total. The summed E-state index contributed by atoms with van der Waals surface area (Å²) in [7, 11) is 0. The van der Waals surface area contributed by atoms with Gasteiger partial charge in [-0.3, -0.25) is 9.78 Å². The van der Waals surface area contributed by atoms with E-state index in [2.05, 4.69) is 11.6 Å². The molecule has 5 nitrogen and oxygen atoms in total. The third-order valence-electron chi connectivity index (χ3n) is 3.39. The zero-order valence-electron chi connectivity index (χ0n) is 10.6. The Morgan fingerprint density at radius 3 is 2.68 bits per heavy atom. The summed E-state index contributed by atoms with van der Waals surface area (Å²) in [5.41, 5.74) is 0.274. The molecular weight excluding hydrogens is 244 g/mol. The molecule has 0 saturated carbocycles. The lowest BCUT2D eigenvalue weighted by molar-refractivity contribution is 0.0696. The Balaban J connectivity index is 2.10. The maximum Gasteiger partial charge on any atom is 0.335 e. The number of hydrogen-bond donors (Lipinski definition) is 1. The summed E-state index contributed by atoms with van der Waals surface area (Å²) >= 11 is 0. The Bertz CT molecular complexity index is 505. The Morgan fingerprint density at radius 2 is 2.11 bits per heavy atom. The molecule has 1 saturated heterocycles. The number of amides is 1. The van der Waals surface area contributed by atoms with Gasteiger partial charge in [0, 0.05) is 19.3 Å². The zero-order chi connectivity index (χ0) is 13.8. The number of nitrogens with zero attached hydrogens (tertiary/aromatic N) is 2. The predicted molar refractivity (Wildman–Crippen MR) is 70.0 cm³/mol. The largest absolute Gasteiger partial charge is 0.478 e. The Kier molecular flexibility index (Phi) is 3.94. The summed E-state index contributed by atoms with van der Waals surface area (Å²) in [5.74, 6) is -0.796. The maximum absolute atomic E-state index is 12.2. The van der Waals surface area contributed by atoms with E-state index in [0.717, 1.165) is 12.8 Å². The van der Waals surface area contributed by atoms with E-state index in [1.807, 2.05) is 6.08 Å². The van der Waals surface area contributed by atoms with Crippen molar-refractivity contribution < 1.29 is 14.7 Å². The topological polar surface area (TPSA) is 70.5 Å². The van der Waals surface area contributed by atoms with Crippen molar-refractivity contribution >= 4 is 11.9 Å². The summed E-state index contributed by atoms with van der Waals surface area (Å²) in [4.78, 5) is 28.8. The van der Waals surface area contributed by atoms with Gasteiger partial charge in [-0.25, -0.2) is 4.79 Å². The lowest BCUT2D eigenvalue weighted by Crippen LogP contribution is -2.38. The molecule has 0 bridgehead atoms. The maximum atomic E-state index is 12.2. The van der Waals surface area contributed by atoms with Gasteiger partial charge in [-0.05, 0) is 30.9 Å². The second kappa shape index (κ2) is 5.65. The average molecular weight is 260 g/mol. The highest BCUT2D eigenvalue weighted by molar-refractivity contribution is 5.95. The molecule has 1 aliphatic heterocycles. The normalized spacial score (nSPS) is 16.1. The minimum Gasteiger partial charge on any atom is -0.478 e. The van der Waals surface area contributed by atoms with Gasteiger partial charge in [0.25, 0.3) is 5.91 Å². The molecular formula is C14H16N2O3. The molecule has 0 spiro atoms. The van der Waals surface area contributed by atoms with Crippen LogP contribution in [0.2, 0.25) is 0 Å². The molecule has 1 aliphatic rings. The number of rotatable bonds is 3. The van der Waals surface area contributed by atoms with Gasteiger partial charge in [0.1, 0.15) is 5.69 Å². The first-order valence-electron chi connectivity index (χ1n) is 6.23. The van der Waals surface area contributed by atoms with Gasteiger partial charge < -0.3 is 10.0 Å². The van der Waals surface area contributed by atoms with E-state index in [-0.39, 0.29) is 17.2 Å². The monoisotopic (exact) mass is 260 g/mol. The molecule has 0 radical (unpaired) electrons. The van der Waals surface area contributed by atoms with Crippen LogP contribution >= 0.6 is 0 Å². The van der Waals surface area contributed by atoms with Crippen LogP contribution in [0.4, 0.5) is 0 Å². The summed E-state index contributed by atoms with van der Waals surface area (Å²) in [6.45, 7) is 5.08. The van der Waals surface area contributed by atoms with Crippen LogP contribution in [0, 0.1) is 5.92 Å². The van der Waals surface area contributed by atoms with Crippen molar-refractivity contribution in [1.82, 2.24) is 9.88 Å². The highest BCUT2D eigenvalue weighted by atomic mass is 16.4. The number of aromatic nitrogens is 1. The number of piperidine rings is 1. The van der Waals surface area contributed by atoms with Crippen molar-refractivity contribution in [2.24, 2.45) is 5.92 Å². The van der Waals surface area contributed by atoms with Crippen LogP contribution in [0.1, 0.15) is 33.7 Å². The first-order chi connectivity index (χ1) is 9.11. The molecule has 5 heteroatoms. The van der Waals surface area contributed by atoms with Crippen molar-refractivity contribution in [2.45, 2.75) is 12.8 Å². The number of allylic oxidation sites excluding steroid dienone is 1. The summed E-state index contributed by atoms with van der Waals surface area (Å²) < 4.78 is 0. The molecule has 2 heterocycles. The van der Waals surface area contributed by atoms with E-state index in [9.17, 15) is 9.59 Å². The quantitative estimate of drug-likeness (QED) is 0.841. The third-order valence-corrected chi connectivity index (χ3v) is 3.39. The zero-order valence-corrected chi connectivity index (χ0v) is 10.6. The van der Waals surface area contributed by atoms with Crippen LogP contribution in [0.15, 0.2) is 31.0 Å². The molecule has 2 rings (SSSR count). The number of hydrogen-bond acceptors (Lipinski definition) is 3. The van der Waals surface area contributed by atoms with E-state index < -0.39 is 5.97 Å². The molecule has 1 aromatic heterocycles. The van der Waals surface area contributed by atoms with Crippen LogP contribution in [-0.4, -0.2) is 40.0 Å². The molecule has 0 atom stereocenters. The van der Waals surface area contributed by atoms with Crippen molar-refractivity contribution in [3.63, 3.8) is 0 Å². The Morgan fingerprint density at radius 1 is 1.42 bits per heavy atom. The van der Waals surface area contributed by atoms with Crippen LogP contribution in [-0.2, 0) is 0 Å². The molecule has 0 aliphatic carbocycles. The summed E-state index contributed by atoms with van der Waals surface area (Å²) in [6.07, 6.45) is 5.07. The predicted octanol–water partition coefficient (Wildman–Crippen LogP) is 1.82. The van der Waals surface area contributed by atoms with Crippen LogP contribution in [0.5, 0.6) is 0 Å². The van der Waals surface area contributed by atoms with E-state index in [4.69, 9.17) is 5.11 Å². The molecule has 1 fully saturated rings. The molecule has 1 amide bonds. The first-order valence-corrected chi connectivity index (χ1v) is 6.23. The fraction of sp³-hybridized carbons (Fsp3) is 0.357. The van der Waals surface area contributed by atoms with Crippen LogP contribution in [0.25, 0.3) is 0 Å². The van der Waals surface area contributed by atoms with Crippen molar-refractivity contribution in [3.05, 3.63) is 42.2 Å². The van der Waals surface area contributed by atoms with Crippen molar-refractivity contribution in [2.75, 3.05) is 13.1 Å². The number of aromatic carboxylic acids is 1. The van der Waals surface area contributed by atoms with Gasteiger partial charge in [0.05, 0.1) is 5.56 Å². The number of carbonyl (C=O) groups is 2. The Labute approximate surface area is 111 Å². The van der Waals surface area contributed by atoms with E-state index in [1.165, 1.54) is 18.3 Å². The summed E-state index contributed by atoms with van der Waals surface area (Å²) in [6, 6.07) is 2.70. The number of likely N-dealkylation sites (tertiary alicyclic amines) is 1. The number of pyridine rings is 1. The van der Waals surface area contributed by atoms with Crippen molar-refractivity contribution in [1.29, 1.82) is 0 Å². The van der Waals surface area contributed by atoms with Crippen LogP contribution in [0.3, 0.4) is 0 Å². The smallest absolute Gasteiger partial charge is 0.335 e. The third kappa shape index (κ3) is 2.99. The molecule has 0 unspecified atom stereocenters. The fourth-order valence-corrected chi connectivity index (χ4v) is 2.18. The SMILES string of the molecule is C=CC1CCN(C(=O)c2cc(C(=O)O)ccn2)CC1. The number of carboxylic acid groups (broad SMARTS) is 1. The molecule has 19 heavy (non-hydrogen) atoms. The average Bonchev–Trinajstić information content (AvgIpc) is 2.46. The highest BCUT2D eigenvalue weighted by Gasteiger charge is 2.23. The standard InChI is InChI=1S/C14H16N2O3/c1-2-10-4-7-16(8-5-10)13(17)12-9-11(14(18)19)3-6-15-12/h2-3,6,9-10H,1,4-5,7-8H2,(H,18,19). The minimum atomic E-state index is -1.05. The Hall–Kier alpha value is -2.17. The lowest BCUT2D eigenvalue weighted by atomic mass is 9.97. The van der Waals surface area contributed by atoms with Crippen molar-refractivity contribution in [3.8, 4) is 0 Å². The lowest BCUT2D eigenvalue weighted by Gasteiger charge is -2.30. The van der Waals surface area contributed by atoms with Gasteiger partial charge in [-0.1, -0.05) is 6.08 Å². The fourth-order valence-electron chi connectivity index (χ4n) is 2.18. The number of carboxylic acids is 1.